The molecule has 7 heteroatoms. The molecular formula is C27H26F2N2O3. The lowest BCUT2D eigenvalue weighted by molar-refractivity contribution is -0.136. The van der Waals surface area contributed by atoms with Crippen LogP contribution in [-0.2, 0) is 16.0 Å². The predicted octanol–water partition coefficient (Wildman–Crippen LogP) is 5.11. The van der Waals surface area contributed by atoms with Crippen LogP contribution in [0.5, 0.6) is 5.75 Å². The number of halogens is 2. The van der Waals surface area contributed by atoms with Gasteiger partial charge in [0, 0.05) is 18.2 Å². The summed E-state index contributed by atoms with van der Waals surface area (Å²) in [6.45, 7) is 4.01. The van der Waals surface area contributed by atoms with Gasteiger partial charge in [0.05, 0.1) is 6.04 Å². The normalized spacial score (nSPS) is 15.1. The Morgan fingerprint density at radius 1 is 1.03 bits per heavy atom. The molecule has 1 atom stereocenters. The van der Waals surface area contributed by atoms with Crippen LogP contribution in [0.4, 0.5) is 14.5 Å². The number of carbonyl (C=O) groups is 2. The first-order chi connectivity index (χ1) is 16.3. The number of nitrogens with one attached hydrogen (secondary N) is 1. The summed E-state index contributed by atoms with van der Waals surface area (Å²) in [6, 6.07) is 16.9. The summed E-state index contributed by atoms with van der Waals surface area (Å²) < 4.78 is 32.6. The number of nitrogens with zero attached hydrogens (tertiary/aromatic N) is 1. The Balaban J connectivity index is 1.57. The molecule has 1 heterocycles. The monoisotopic (exact) mass is 464 g/mol. The van der Waals surface area contributed by atoms with Crippen molar-refractivity contribution in [3.05, 3.63) is 95.1 Å². The maximum Gasteiger partial charge on any atom is 0.262 e. The van der Waals surface area contributed by atoms with Gasteiger partial charge >= 0.3 is 0 Å². The first kappa shape index (κ1) is 23.4. The summed E-state index contributed by atoms with van der Waals surface area (Å²) in [6.07, 6.45) is 0.686. The van der Waals surface area contributed by atoms with E-state index in [-0.39, 0.29) is 30.3 Å². The van der Waals surface area contributed by atoms with E-state index in [1.54, 1.807) is 24.3 Å². The highest BCUT2D eigenvalue weighted by molar-refractivity contribution is 5.91. The van der Waals surface area contributed by atoms with Gasteiger partial charge in [0.2, 0.25) is 5.91 Å². The van der Waals surface area contributed by atoms with Gasteiger partial charge in [-0.15, -0.1) is 0 Å². The third-order valence-corrected chi connectivity index (χ3v) is 5.79. The SMILES string of the molecule is CC(C)C(=O)N1CCc2ccc(OCC(=O)Nc3cccc(F)c3)cc2[C@@H]1c1ccc(F)cc1. The standard InChI is InChI=1S/C27H26F2N2O3/c1-17(2)27(33)31-13-12-18-8-11-23(15-24(18)26(31)19-6-9-20(28)10-7-19)34-16-25(32)30-22-5-3-4-21(29)14-22/h3-11,14-15,17,26H,12-13,16H2,1-2H3,(H,30,32)/t26-/m0/s1. The minimum Gasteiger partial charge on any atom is -0.484 e. The Kier molecular flexibility index (Phi) is 6.91. The van der Waals surface area contributed by atoms with Gasteiger partial charge in [0.1, 0.15) is 17.4 Å². The lowest BCUT2D eigenvalue weighted by Gasteiger charge is -2.39. The Morgan fingerprint density at radius 3 is 2.50 bits per heavy atom. The lowest BCUT2D eigenvalue weighted by Crippen LogP contribution is -2.42. The molecule has 0 saturated heterocycles. The zero-order valence-electron chi connectivity index (χ0n) is 19.1. The fourth-order valence-corrected chi connectivity index (χ4v) is 4.17. The number of hydrogen-bond donors (Lipinski definition) is 1. The van der Waals surface area contributed by atoms with E-state index in [0.29, 0.717) is 24.4 Å². The predicted molar refractivity (Wildman–Crippen MR) is 125 cm³/mol. The molecule has 2 amide bonds. The Hall–Kier alpha value is -3.74. The fraction of sp³-hybridized carbons (Fsp3) is 0.259. The van der Waals surface area contributed by atoms with Crippen LogP contribution in [0.15, 0.2) is 66.7 Å². The average Bonchev–Trinajstić information content (AvgIpc) is 2.82. The molecular weight excluding hydrogens is 438 g/mol. The van der Waals surface area contributed by atoms with Crippen LogP contribution in [0.1, 0.15) is 36.6 Å². The average molecular weight is 465 g/mol. The van der Waals surface area contributed by atoms with E-state index in [4.69, 9.17) is 4.74 Å². The molecule has 3 aromatic carbocycles. The molecule has 4 rings (SSSR count). The van der Waals surface area contributed by atoms with Gasteiger partial charge in [-0.3, -0.25) is 9.59 Å². The van der Waals surface area contributed by atoms with Crippen LogP contribution in [-0.4, -0.2) is 29.9 Å². The number of rotatable bonds is 6. The summed E-state index contributed by atoms with van der Waals surface area (Å²) in [4.78, 5) is 27.1. The molecule has 5 nitrogen and oxygen atoms in total. The molecule has 0 unspecified atom stereocenters. The quantitative estimate of drug-likeness (QED) is 0.551. The van der Waals surface area contributed by atoms with Crippen molar-refractivity contribution in [1.29, 1.82) is 0 Å². The Bertz CT molecular complexity index is 1190. The van der Waals surface area contributed by atoms with Crippen molar-refractivity contribution in [2.75, 3.05) is 18.5 Å². The van der Waals surface area contributed by atoms with Crippen molar-refractivity contribution >= 4 is 17.5 Å². The number of carbonyl (C=O) groups excluding carboxylic acids is 2. The van der Waals surface area contributed by atoms with Gasteiger partial charge in [0.15, 0.2) is 6.61 Å². The van der Waals surface area contributed by atoms with Gasteiger partial charge in [0.25, 0.3) is 5.91 Å². The van der Waals surface area contributed by atoms with Gasteiger partial charge in [-0.05, 0) is 65.6 Å². The van der Waals surface area contributed by atoms with Crippen molar-refractivity contribution in [3.8, 4) is 5.75 Å². The van der Waals surface area contributed by atoms with Gasteiger partial charge < -0.3 is 15.0 Å². The first-order valence-electron chi connectivity index (χ1n) is 11.2. The second-order valence-corrected chi connectivity index (χ2v) is 8.60. The maximum absolute atomic E-state index is 13.6. The minimum absolute atomic E-state index is 0.0146. The molecule has 0 aliphatic carbocycles. The highest BCUT2D eigenvalue weighted by atomic mass is 19.1. The van der Waals surface area contributed by atoms with Crippen LogP contribution in [0.2, 0.25) is 0 Å². The van der Waals surface area contributed by atoms with Crippen molar-refractivity contribution in [3.63, 3.8) is 0 Å². The summed E-state index contributed by atoms with van der Waals surface area (Å²) in [5, 5.41) is 2.60. The topological polar surface area (TPSA) is 58.6 Å². The van der Waals surface area contributed by atoms with Crippen molar-refractivity contribution in [2.24, 2.45) is 5.92 Å². The largest absolute Gasteiger partial charge is 0.484 e. The molecule has 0 bridgehead atoms. The minimum atomic E-state index is -0.444. The van der Waals surface area contributed by atoms with Crippen LogP contribution in [0, 0.1) is 17.6 Å². The van der Waals surface area contributed by atoms with E-state index < -0.39 is 11.7 Å². The van der Waals surface area contributed by atoms with Crippen molar-refractivity contribution in [2.45, 2.75) is 26.3 Å². The number of benzene rings is 3. The van der Waals surface area contributed by atoms with E-state index in [1.165, 1.54) is 30.3 Å². The molecule has 0 radical (unpaired) electrons. The zero-order valence-corrected chi connectivity index (χ0v) is 19.1. The first-order valence-corrected chi connectivity index (χ1v) is 11.2. The number of hydrogen-bond acceptors (Lipinski definition) is 3. The van der Waals surface area contributed by atoms with Crippen molar-refractivity contribution < 1.29 is 23.1 Å². The van der Waals surface area contributed by atoms with Crippen LogP contribution < -0.4 is 10.1 Å². The van der Waals surface area contributed by atoms with E-state index in [2.05, 4.69) is 5.32 Å². The molecule has 0 aromatic heterocycles. The summed E-state index contributed by atoms with van der Waals surface area (Å²) in [5.41, 5.74) is 3.10. The van der Waals surface area contributed by atoms with Gasteiger partial charge in [-0.1, -0.05) is 38.1 Å². The van der Waals surface area contributed by atoms with E-state index in [1.807, 2.05) is 30.9 Å². The number of amides is 2. The second-order valence-electron chi connectivity index (χ2n) is 8.60. The molecule has 0 fully saturated rings. The molecule has 1 aliphatic heterocycles. The molecule has 0 spiro atoms. The smallest absolute Gasteiger partial charge is 0.262 e. The zero-order chi connectivity index (χ0) is 24.2. The highest BCUT2D eigenvalue weighted by Gasteiger charge is 2.33. The van der Waals surface area contributed by atoms with E-state index in [0.717, 1.165) is 16.7 Å². The highest BCUT2D eigenvalue weighted by Crippen LogP contribution is 2.38. The third kappa shape index (κ3) is 5.25. The van der Waals surface area contributed by atoms with Gasteiger partial charge in [-0.25, -0.2) is 8.78 Å². The van der Waals surface area contributed by atoms with E-state index in [9.17, 15) is 18.4 Å². The molecule has 34 heavy (non-hydrogen) atoms. The number of anilines is 1. The van der Waals surface area contributed by atoms with Crippen LogP contribution in [0.3, 0.4) is 0 Å². The number of fused-ring (bicyclic) bond motifs is 1. The molecule has 0 saturated carbocycles. The fourth-order valence-electron chi connectivity index (χ4n) is 4.17. The van der Waals surface area contributed by atoms with E-state index >= 15 is 0 Å². The molecule has 1 N–H and O–H groups in total. The summed E-state index contributed by atoms with van der Waals surface area (Å²) >= 11 is 0. The Morgan fingerprint density at radius 2 is 1.79 bits per heavy atom. The van der Waals surface area contributed by atoms with Crippen molar-refractivity contribution in [1.82, 2.24) is 4.90 Å². The molecule has 176 valence electrons. The van der Waals surface area contributed by atoms with Crippen LogP contribution in [0.25, 0.3) is 0 Å². The number of ether oxygens (including phenoxy) is 1. The van der Waals surface area contributed by atoms with Crippen LogP contribution >= 0.6 is 0 Å². The lowest BCUT2D eigenvalue weighted by atomic mass is 9.87. The maximum atomic E-state index is 13.6. The molecule has 1 aliphatic rings. The summed E-state index contributed by atoms with van der Waals surface area (Å²) in [5.74, 6) is -0.908. The Labute approximate surface area is 197 Å². The van der Waals surface area contributed by atoms with Gasteiger partial charge in [-0.2, -0.15) is 0 Å². The summed E-state index contributed by atoms with van der Waals surface area (Å²) in [7, 11) is 0. The third-order valence-electron chi connectivity index (χ3n) is 5.79. The molecule has 3 aromatic rings. The second kappa shape index (κ2) is 10.0.